The van der Waals surface area contributed by atoms with Gasteiger partial charge in [0.1, 0.15) is 0 Å². The summed E-state index contributed by atoms with van der Waals surface area (Å²) >= 11 is 0. The Morgan fingerprint density at radius 2 is 1.78 bits per heavy atom. The lowest BCUT2D eigenvalue weighted by Crippen LogP contribution is -2.48. The van der Waals surface area contributed by atoms with Crippen LogP contribution in [-0.2, 0) is 9.59 Å². The van der Waals surface area contributed by atoms with E-state index in [1.54, 1.807) is 0 Å². The topological polar surface area (TPSA) is 66.4 Å². The van der Waals surface area contributed by atoms with Crippen molar-refractivity contribution in [3.8, 4) is 0 Å². The second-order valence-electron chi connectivity index (χ2n) is 5.66. The standard InChI is InChI=1S/C14H25NO3/c1-4-14(3,5-2)15-12(16)10-7-6-8-11(9-10)13(17)18/h10-11H,4-9H2,1-3H3,(H,15,16)(H,17,18). The summed E-state index contributed by atoms with van der Waals surface area (Å²) in [6, 6.07) is 0. The van der Waals surface area contributed by atoms with Gasteiger partial charge in [-0.15, -0.1) is 0 Å². The van der Waals surface area contributed by atoms with Gasteiger partial charge in [0.15, 0.2) is 0 Å². The maximum Gasteiger partial charge on any atom is 0.306 e. The lowest BCUT2D eigenvalue weighted by molar-refractivity contribution is -0.144. The van der Waals surface area contributed by atoms with E-state index in [0.717, 1.165) is 25.7 Å². The monoisotopic (exact) mass is 255 g/mol. The van der Waals surface area contributed by atoms with Crippen LogP contribution in [-0.4, -0.2) is 22.5 Å². The van der Waals surface area contributed by atoms with Crippen LogP contribution in [0, 0.1) is 11.8 Å². The Bertz CT molecular complexity index is 310. The molecule has 1 rings (SSSR count). The van der Waals surface area contributed by atoms with E-state index in [1.165, 1.54) is 0 Å². The lowest BCUT2D eigenvalue weighted by Gasteiger charge is -2.32. The second kappa shape index (κ2) is 6.21. The van der Waals surface area contributed by atoms with Crippen LogP contribution in [0.15, 0.2) is 0 Å². The molecule has 4 nitrogen and oxygen atoms in total. The van der Waals surface area contributed by atoms with Crippen molar-refractivity contribution in [2.24, 2.45) is 11.8 Å². The first kappa shape index (κ1) is 15.0. The van der Waals surface area contributed by atoms with Crippen LogP contribution in [0.1, 0.15) is 59.3 Å². The second-order valence-corrected chi connectivity index (χ2v) is 5.66. The van der Waals surface area contributed by atoms with Crippen LogP contribution in [0.25, 0.3) is 0 Å². The van der Waals surface area contributed by atoms with E-state index in [4.69, 9.17) is 5.11 Å². The van der Waals surface area contributed by atoms with Gasteiger partial charge in [-0.2, -0.15) is 0 Å². The molecule has 0 aromatic rings. The molecule has 0 spiro atoms. The lowest BCUT2D eigenvalue weighted by atomic mass is 9.80. The molecule has 1 aliphatic rings. The minimum absolute atomic E-state index is 0.0344. The first-order valence-electron chi connectivity index (χ1n) is 6.96. The van der Waals surface area contributed by atoms with Crippen molar-refractivity contribution < 1.29 is 14.7 Å². The van der Waals surface area contributed by atoms with E-state index in [-0.39, 0.29) is 23.3 Å². The minimum atomic E-state index is -0.763. The largest absolute Gasteiger partial charge is 0.481 e. The van der Waals surface area contributed by atoms with Gasteiger partial charge in [-0.25, -0.2) is 0 Å². The Labute approximate surface area is 109 Å². The van der Waals surface area contributed by atoms with E-state index in [9.17, 15) is 9.59 Å². The molecule has 104 valence electrons. The van der Waals surface area contributed by atoms with Gasteiger partial charge in [0.05, 0.1) is 5.92 Å². The maximum atomic E-state index is 12.2. The minimum Gasteiger partial charge on any atom is -0.481 e. The summed E-state index contributed by atoms with van der Waals surface area (Å²) in [6.07, 6.45) is 4.64. The highest BCUT2D eigenvalue weighted by molar-refractivity contribution is 5.80. The van der Waals surface area contributed by atoms with Crippen molar-refractivity contribution in [2.75, 3.05) is 0 Å². The summed E-state index contributed by atoms with van der Waals surface area (Å²) in [6.45, 7) is 6.16. The zero-order valence-electron chi connectivity index (χ0n) is 11.7. The molecule has 0 aliphatic heterocycles. The van der Waals surface area contributed by atoms with Gasteiger partial charge in [0.2, 0.25) is 5.91 Å². The Hall–Kier alpha value is -1.06. The van der Waals surface area contributed by atoms with Crippen LogP contribution >= 0.6 is 0 Å². The van der Waals surface area contributed by atoms with Crippen LogP contribution in [0.5, 0.6) is 0 Å². The average molecular weight is 255 g/mol. The van der Waals surface area contributed by atoms with Crippen molar-refractivity contribution in [3.05, 3.63) is 0 Å². The number of carbonyl (C=O) groups is 2. The smallest absolute Gasteiger partial charge is 0.306 e. The average Bonchev–Trinajstić information content (AvgIpc) is 2.38. The molecular weight excluding hydrogens is 230 g/mol. The van der Waals surface area contributed by atoms with Gasteiger partial charge >= 0.3 is 5.97 Å². The molecule has 0 bridgehead atoms. The van der Waals surface area contributed by atoms with Gasteiger partial charge < -0.3 is 10.4 Å². The highest BCUT2D eigenvalue weighted by Crippen LogP contribution is 2.30. The normalized spacial score (nSPS) is 24.6. The fraction of sp³-hybridized carbons (Fsp3) is 0.857. The predicted octanol–water partition coefficient (Wildman–Crippen LogP) is 2.57. The number of carbonyl (C=O) groups excluding carboxylic acids is 1. The summed E-state index contributed by atoms with van der Waals surface area (Å²) < 4.78 is 0. The molecule has 2 atom stereocenters. The van der Waals surface area contributed by atoms with Gasteiger partial charge in [0.25, 0.3) is 0 Å². The zero-order chi connectivity index (χ0) is 13.8. The van der Waals surface area contributed by atoms with Crippen molar-refractivity contribution in [3.63, 3.8) is 0 Å². The molecule has 1 fully saturated rings. The third kappa shape index (κ3) is 3.72. The van der Waals surface area contributed by atoms with E-state index in [1.807, 2.05) is 6.92 Å². The fourth-order valence-corrected chi connectivity index (χ4v) is 2.48. The number of aliphatic carboxylic acids is 1. The van der Waals surface area contributed by atoms with E-state index in [2.05, 4.69) is 19.2 Å². The summed E-state index contributed by atoms with van der Waals surface area (Å²) in [4.78, 5) is 23.2. The molecule has 0 heterocycles. The highest BCUT2D eigenvalue weighted by Gasteiger charge is 2.33. The third-order valence-corrected chi connectivity index (χ3v) is 4.38. The van der Waals surface area contributed by atoms with Crippen LogP contribution < -0.4 is 5.32 Å². The summed E-state index contributed by atoms with van der Waals surface area (Å²) in [5, 5.41) is 12.1. The number of hydrogen-bond donors (Lipinski definition) is 2. The molecule has 0 aromatic carbocycles. The Balaban J connectivity index is 2.59. The zero-order valence-corrected chi connectivity index (χ0v) is 11.7. The number of rotatable bonds is 5. The van der Waals surface area contributed by atoms with Crippen molar-refractivity contribution >= 4 is 11.9 Å². The molecule has 18 heavy (non-hydrogen) atoms. The number of nitrogens with one attached hydrogen (secondary N) is 1. The van der Waals surface area contributed by atoms with E-state index < -0.39 is 5.97 Å². The first-order chi connectivity index (χ1) is 8.41. The SMILES string of the molecule is CCC(C)(CC)NC(=O)C1CCCC(C(=O)O)C1. The maximum absolute atomic E-state index is 12.2. The number of amides is 1. The number of carboxylic acids is 1. The predicted molar refractivity (Wildman–Crippen MR) is 70.2 cm³/mol. The van der Waals surface area contributed by atoms with Gasteiger partial charge in [-0.1, -0.05) is 20.3 Å². The Morgan fingerprint density at radius 3 is 2.28 bits per heavy atom. The highest BCUT2D eigenvalue weighted by atomic mass is 16.4. The molecule has 0 saturated heterocycles. The van der Waals surface area contributed by atoms with Gasteiger partial charge in [0, 0.05) is 11.5 Å². The summed E-state index contributed by atoms with van der Waals surface area (Å²) in [7, 11) is 0. The molecule has 1 amide bonds. The van der Waals surface area contributed by atoms with Crippen molar-refractivity contribution in [1.82, 2.24) is 5.32 Å². The summed E-state index contributed by atoms with van der Waals surface area (Å²) in [5.74, 6) is -1.20. The van der Waals surface area contributed by atoms with Crippen LogP contribution in [0.3, 0.4) is 0 Å². The molecule has 0 aromatic heterocycles. The van der Waals surface area contributed by atoms with E-state index >= 15 is 0 Å². The van der Waals surface area contributed by atoms with Gasteiger partial charge in [-0.3, -0.25) is 9.59 Å². The fourth-order valence-electron chi connectivity index (χ4n) is 2.48. The molecule has 1 aliphatic carbocycles. The molecule has 4 heteroatoms. The summed E-state index contributed by atoms with van der Waals surface area (Å²) in [5.41, 5.74) is -0.159. The molecule has 2 N–H and O–H groups in total. The molecule has 2 unspecified atom stereocenters. The Kier molecular flexibility index (Phi) is 5.17. The number of hydrogen-bond acceptors (Lipinski definition) is 2. The van der Waals surface area contributed by atoms with Crippen LogP contribution in [0.2, 0.25) is 0 Å². The van der Waals surface area contributed by atoms with Gasteiger partial charge in [-0.05, 0) is 39.0 Å². The van der Waals surface area contributed by atoms with Crippen molar-refractivity contribution in [1.29, 1.82) is 0 Å². The molecule has 1 saturated carbocycles. The third-order valence-electron chi connectivity index (χ3n) is 4.38. The first-order valence-corrected chi connectivity index (χ1v) is 6.96. The Morgan fingerprint density at radius 1 is 1.22 bits per heavy atom. The molecular formula is C14H25NO3. The quantitative estimate of drug-likeness (QED) is 0.793. The van der Waals surface area contributed by atoms with Crippen molar-refractivity contribution in [2.45, 2.75) is 64.8 Å². The number of carboxylic acid groups (broad SMARTS) is 1. The van der Waals surface area contributed by atoms with Crippen LogP contribution in [0.4, 0.5) is 0 Å². The van der Waals surface area contributed by atoms with E-state index in [0.29, 0.717) is 12.8 Å². The molecule has 0 radical (unpaired) electrons.